The van der Waals surface area contributed by atoms with Gasteiger partial charge in [0.1, 0.15) is 11.6 Å². The van der Waals surface area contributed by atoms with E-state index >= 15 is 0 Å². The molecule has 134 valence electrons. The van der Waals surface area contributed by atoms with Crippen LogP contribution in [-0.2, 0) is 16.0 Å². The first-order valence-electron chi connectivity index (χ1n) is 8.89. The molecule has 0 fully saturated rings. The number of nitrogens with one attached hydrogen (secondary N) is 1. The maximum Gasteiger partial charge on any atom is 0.411 e. The standard InChI is InChI=1S/C20H26N2O3/c1-20(2,3)25-19(24)22-13-7-12-17(22)18(23)21-16-11-6-9-14-8-4-5-10-15(14)16/h4-5,7-8,10,12,16-17H,6,9,11,13H2,1-3H3,(H,21,23)/t16-,17+/m1/s1. The lowest BCUT2D eigenvalue weighted by Crippen LogP contribution is -2.48. The molecule has 1 aromatic rings. The van der Waals surface area contributed by atoms with Gasteiger partial charge in [-0.2, -0.15) is 0 Å². The fraction of sp³-hybridized carbons (Fsp3) is 0.500. The molecule has 1 aliphatic heterocycles. The van der Waals surface area contributed by atoms with Gasteiger partial charge in [-0.1, -0.05) is 36.4 Å². The lowest BCUT2D eigenvalue weighted by Gasteiger charge is -2.31. The average molecular weight is 342 g/mol. The van der Waals surface area contributed by atoms with Crippen LogP contribution in [0, 0.1) is 0 Å². The molecule has 1 heterocycles. The van der Waals surface area contributed by atoms with Crippen molar-refractivity contribution in [2.75, 3.05) is 6.54 Å². The van der Waals surface area contributed by atoms with Gasteiger partial charge in [-0.25, -0.2) is 4.79 Å². The molecule has 2 amide bonds. The minimum atomic E-state index is -0.607. The third-order valence-electron chi connectivity index (χ3n) is 4.54. The van der Waals surface area contributed by atoms with Crippen LogP contribution in [0.3, 0.4) is 0 Å². The van der Waals surface area contributed by atoms with Gasteiger partial charge in [0.05, 0.1) is 6.04 Å². The predicted octanol–water partition coefficient (Wildman–Crippen LogP) is 3.36. The Morgan fingerprint density at radius 2 is 2.00 bits per heavy atom. The van der Waals surface area contributed by atoms with Gasteiger partial charge in [0, 0.05) is 6.54 Å². The molecule has 3 rings (SSSR count). The molecule has 1 aliphatic carbocycles. The number of carbonyl (C=O) groups excluding carboxylic acids is 2. The zero-order valence-corrected chi connectivity index (χ0v) is 15.1. The van der Waals surface area contributed by atoms with Gasteiger partial charge in [0.25, 0.3) is 0 Å². The van der Waals surface area contributed by atoms with Crippen molar-refractivity contribution in [1.29, 1.82) is 0 Å². The van der Waals surface area contributed by atoms with Crippen molar-refractivity contribution in [1.82, 2.24) is 10.2 Å². The van der Waals surface area contributed by atoms with E-state index in [9.17, 15) is 9.59 Å². The van der Waals surface area contributed by atoms with Gasteiger partial charge in [-0.15, -0.1) is 0 Å². The second-order valence-electron chi connectivity index (χ2n) is 7.66. The molecule has 0 saturated heterocycles. The fourth-order valence-electron chi connectivity index (χ4n) is 3.42. The minimum absolute atomic E-state index is 0.00642. The first kappa shape index (κ1) is 17.5. The molecule has 0 aromatic heterocycles. The van der Waals surface area contributed by atoms with Crippen LogP contribution in [0.2, 0.25) is 0 Å². The van der Waals surface area contributed by atoms with Crippen molar-refractivity contribution >= 4 is 12.0 Å². The number of aryl methyl sites for hydroxylation is 1. The Balaban J connectivity index is 1.69. The van der Waals surface area contributed by atoms with Crippen LogP contribution in [-0.4, -0.2) is 35.1 Å². The summed E-state index contributed by atoms with van der Waals surface area (Å²) in [5, 5.41) is 3.13. The van der Waals surface area contributed by atoms with E-state index in [1.54, 1.807) is 6.08 Å². The maximum absolute atomic E-state index is 12.8. The Hall–Kier alpha value is -2.30. The molecular weight excluding hydrogens is 316 g/mol. The lowest BCUT2D eigenvalue weighted by atomic mass is 9.87. The first-order valence-corrected chi connectivity index (χ1v) is 8.89. The van der Waals surface area contributed by atoms with Crippen LogP contribution in [0.25, 0.3) is 0 Å². The number of hydrogen-bond donors (Lipinski definition) is 1. The zero-order chi connectivity index (χ0) is 18.0. The van der Waals surface area contributed by atoms with E-state index in [-0.39, 0.29) is 11.9 Å². The normalized spacial score (nSPS) is 22.4. The van der Waals surface area contributed by atoms with Crippen molar-refractivity contribution < 1.29 is 14.3 Å². The lowest BCUT2D eigenvalue weighted by molar-refractivity contribution is -0.125. The Morgan fingerprint density at radius 1 is 1.24 bits per heavy atom. The minimum Gasteiger partial charge on any atom is -0.444 e. The first-order chi connectivity index (χ1) is 11.8. The number of fused-ring (bicyclic) bond motifs is 1. The summed E-state index contributed by atoms with van der Waals surface area (Å²) in [7, 11) is 0. The van der Waals surface area contributed by atoms with E-state index in [2.05, 4.69) is 17.4 Å². The van der Waals surface area contributed by atoms with Gasteiger partial charge in [-0.05, 0) is 51.2 Å². The van der Waals surface area contributed by atoms with Gasteiger partial charge >= 0.3 is 6.09 Å². The molecule has 0 unspecified atom stereocenters. The highest BCUT2D eigenvalue weighted by Crippen LogP contribution is 2.30. The Kier molecular flexibility index (Phi) is 4.84. The highest BCUT2D eigenvalue weighted by Gasteiger charge is 2.35. The number of hydrogen-bond acceptors (Lipinski definition) is 3. The van der Waals surface area contributed by atoms with Gasteiger partial charge in [0.15, 0.2) is 0 Å². The van der Waals surface area contributed by atoms with Crippen LogP contribution in [0.1, 0.15) is 50.8 Å². The van der Waals surface area contributed by atoms with E-state index in [0.29, 0.717) is 6.54 Å². The van der Waals surface area contributed by atoms with Crippen LogP contribution >= 0.6 is 0 Å². The van der Waals surface area contributed by atoms with Crippen molar-refractivity contribution in [3.05, 3.63) is 47.5 Å². The van der Waals surface area contributed by atoms with Gasteiger partial charge < -0.3 is 10.1 Å². The van der Waals surface area contributed by atoms with Gasteiger partial charge in [-0.3, -0.25) is 9.69 Å². The molecule has 1 aromatic carbocycles. The third kappa shape index (κ3) is 4.03. The van der Waals surface area contributed by atoms with Crippen molar-refractivity contribution in [3.8, 4) is 0 Å². The van der Waals surface area contributed by atoms with E-state index in [1.165, 1.54) is 16.0 Å². The smallest absolute Gasteiger partial charge is 0.411 e. The number of nitrogens with zero attached hydrogens (tertiary/aromatic N) is 1. The SMILES string of the molecule is CC(C)(C)OC(=O)N1CC=C[C@H]1C(=O)N[C@@H]1CCCc2ccccc21. The number of amides is 2. The molecule has 0 radical (unpaired) electrons. The van der Waals surface area contributed by atoms with E-state index in [1.807, 2.05) is 39.0 Å². The molecule has 25 heavy (non-hydrogen) atoms. The topological polar surface area (TPSA) is 58.6 Å². The molecule has 0 saturated carbocycles. The summed E-state index contributed by atoms with van der Waals surface area (Å²) in [6.45, 7) is 5.86. The highest BCUT2D eigenvalue weighted by molar-refractivity contribution is 5.88. The molecule has 1 N–H and O–H groups in total. The second-order valence-corrected chi connectivity index (χ2v) is 7.66. The van der Waals surface area contributed by atoms with Crippen LogP contribution in [0.4, 0.5) is 4.79 Å². The summed E-state index contributed by atoms with van der Waals surface area (Å²) in [5.41, 5.74) is 1.90. The molecular formula is C20H26N2O3. The summed E-state index contributed by atoms with van der Waals surface area (Å²) in [6.07, 6.45) is 6.18. The Bertz CT molecular complexity index is 690. The second kappa shape index (κ2) is 6.90. The fourth-order valence-corrected chi connectivity index (χ4v) is 3.42. The Morgan fingerprint density at radius 3 is 2.76 bits per heavy atom. The van der Waals surface area contributed by atoms with Crippen LogP contribution in [0.15, 0.2) is 36.4 Å². The summed E-state index contributed by atoms with van der Waals surface area (Å²) < 4.78 is 5.42. The van der Waals surface area contributed by atoms with Crippen molar-refractivity contribution in [3.63, 3.8) is 0 Å². The molecule has 2 atom stereocenters. The summed E-state index contributed by atoms with van der Waals surface area (Å²) in [4.78, 5) is 26.6. The van der Waals surface area contributed by atoms with E-state index < -0.39 is 17.7 Å². The molecule has 0 spiro atoms. The van der Waals surface area contributed by atoms with Crippen LogP contribution in [0.5, 0.6) is 0 Å². The van der Waals surface area contributed by atoms with Gasteiger partial charge in [0.2, 0.25) is 5.91 Å². The number of ether oxygens (including phenoxy) is 1. The number of carbonyl (C=O) groups is 2. The molecule has 5 nitrogen and oxygen atoms in total. The van der Waals surface area contributed by atoms with Crippen molar-refractivity contribution in [2.45, 2.75) is 57.7 Å². The summed E-state index contributed by atoms with van der Waals surface area (Å²) in [5.74, 6) is -0.152. The van der Waals surface area contributed by atoms with Crippen molar-refractivity contribution in [2.24, 2.45) is 0 Å². The highest BCUT2D eigenvalue weighted by atomic mass is 16.6. The summed E-state index contributed by atoms with van der Waals surface area (Å²) >= 11 is 0. The zero-order valence-electron chi connectivity index (χ0n) is 15.1. The number of benzene rings is 1. The average Bonchev–Trinajstić information content (AvgIpc) is 3.03. The molecule has 0 bridgehead atoms. The van der Waals surface area contributed by atoms with E-state index in [4.69, 9.17) is 4.74 Å². The predicted molar refractivity (Wildman–Crippen MR) is 96.1 cm³/mol. The monoisotopic (exact) mass is 342 g/mol. The quantitative estimate of drug-likeness (QED) is 0.839. The third-order valence-corrected chi connectivity index (χ3v) is 4.54. The van der Waals surface area contributed by atoms with E-state index in [0.717, 1.165) is 19.3 Å². The molecule has 2 aliphatic rings. The maximum atomic E-state index is 12.8. The summed E-state index contributed by atoms with van der Waals surface area (Å²) in [6, 6.07) is 7.64. The largest absolute Gasteiger partial charge is 0.444 e. The number of rotatable bonds is 2. The van der Waals surface area contributed by atoms with Crippen LogP contribution < -0.4 is 5.32 Å². The molecule has 5 heteroatoms. The Labute approximate surface area is 149 Å².